The summed E-state index contributed by atoms with van der Waals surface area (Å²) >= 11 is 0. The van der Waals surface area contributed by atoms with Crippen molar-refractivity contribution < 1.29 is 9.18 Å². The molecule has 2 amide bonds. The molecule has 1 rings (SSSR count). The van der Waals surface area contributed by atoms with E-state index in [0.717, 1.165) is 0 Å². The zero-order chi connectivity index (χ0) is 13.5. The summed E-state index contributed by atoms with van der Waals surface area (Å²) in [5.74, 6) is -0.477. The molecule has 0 bridgehead atoms. The van der Waals surface area contributed by atoms with Gasteiger partial charge in [-0.05, 0) is 26.0 Å². The predicted molar refractivity (Wildman–Crippen MR) is 67.5 cm³/mol. The van der Waals surface area contributed by atoms with Crippen LogP contribution in [0.2, 0.25) is 0 Å². The number of nitrogens with one attached hydrogen (secondary N) is 1. The first-order valence-electron chi connectivity index (χ1n) is 5.75. The highest BCUT2D eigenvalue weighted by Crippen LogP contribution is 2.14. The molecule has 0 spiro atoms. The van der Waals surface area contributed by atoms with E-state index in [2.05, 4.69) is 5.32 Å². The average Bonchev–Trinajstić information content (AvgIpc) is 2.32. The van der Waals surface area contributed by atoms with Crippen LogP contribution in [-0.2, 0) is 0 Å². The Hall–Kier alpha value is -2.09. The van der Waals surface area contributed by atoms with Crippen LogP contribution < -0.4 is 5.32 Å². The predicted octanol–water partition coefficient (Wildman–Crippen LogP) is 2.98. The van der Waals surface area contributed by atoms with E-state index in [4.69, 9.17) is 5.26 Å². The maximum absolute atomic E-state index is 13.4. The van der Waals surface area contributed by atoms with E-state index >= 15 is 0 Å². The molecule has 0 atom stereocenters. The second kappa shape index (κ2) is 6.60. The highest BCUT2D eigenvalue weighted by molar-refractivity contribution is 5.89. The van der Waals surface area contributed by atoms with Gasteiger partial charge in [-0.25, -0.2) is 9.18 Å². The van der Waals surface area contributed by atoms with Gasteiger partial charge < -0.3 is 10.2 Å². The minimum absolute atomic E-state index is 0.0508. The average molecular weight is 249 g/mol. The summed E-state index contributed by atoms with van der Waals surface area (Å²) in [6.07, 6.45) is 0.253. The molecule has 1 N–H and O–H groups in total. The van der Waals surface area contributed by atoms with E-state index in [1.54, 1.807) is 12.1 Å². The zero-order valence-corrected chi connectivity index (χ0v) is 10.5. The van der Waals surface area contributed by atoms with Gasteiger partial charge in [0.05, 0.1) is 18.2 Å². The van der Waals surface area contributed by atoms with Crippen LogP contribution in [0.3, 0.4) is 0 Å². The van der Waals surface area contributed by atoms with Crippen LogP contribution in [0.5, 0.6) is 0 Å². The molecule has 0 aliphatic rings. The molecule has 0 aliphatic carbocycles. The number of para-hydroxylation sites is 1. The lowest BCUT2D eigenvalue weighted by atomic mass is 10.3. The number of benzene rings is 1. The van der Waals surface area contributed by atoms with E-state index in [0.29, 0.717) is 6.54 Å². The van der Waals surface area contributed by atoms with E-state index in [9.17, 15) is 9.18 Å². The summed E-state index contributed by atoms with van der Waals surface area (Å²) in [5, 5.41) is 11.0. The van der Waals surface area contributed by atoms with Crippen molar-refractivity contribution in [1.82, 2.24) is 4.90 Å². The van der Waals surface area contributed by atoms with Crippen LogP contribution in [0.4, 0.5) is 14.9 Å². The molecule has 1 aromatic rings. The molecule has 18 heavy (non-hydrogen) atoms. The van der Waals surface area contributed by atoms with Gasteiger partial charge >= 0.3 is 6.03 Å². The van der Waals surface area contributed by atoms with Crippen molar-refractivity contribution in [3.8, 4) is 6.07 Å². The number of hydrogen-bond donors (Lipinski definition) is 1. The normalized spacial score (nSPS) is 9.94. The smallest absolute Gasteiger partial charge is 0.321 e. The fourth-order valence-electron chi connectivity index (χ4n) is 1.51. The maximum Gasteiger partial charge on any atom is 0.322 e. The summed E-state index contributed by atoms with van der Waals surface area (Å²) in [6, 6.07) is 7.52. The number of rotatable bonds is 4. The van der Waals surface area contributed by atoms with Crippen molar-refractivity contribution in [3.63, 3.8) is 0 Å². The first-order valence-corrected chi connectivity index (χ1v) is 5.75. The van der Waals surface area contributed by atoms with Crippen molar-refractivity contribution in [3.05, 3.63) is 30.1 Å². The molecule has 0 unspecified atom stereocenters. The van der Waals surface area contributed by atoms with Crippen LogP contribution in [-0.4, -0.2) is 23.5 Å². The van der Waals surface area contributed by atoms with E-state index in [1.165, 1.54) is 17.0 Å². The second-order valence-electron chi connectivity index (χ2n) is 4.11. The molecule has 0 aromatic heterocycles. The Kier molecular flexibility index (Phi) is 5.12. The lowest BCUT2D eigenvalue weighted by Crippen LogP contribution is -2.40. The molecule has 0 saturated heterocycles. The first-order chi connectivity index (χ1) is 8.56. The number of hydrogen-bond acceptors (Lipinski definition) is 2. The molecular formula is C13H16FN3O. The number of carbonyl (C=O) groups excluding carboxylic acids is 1. The van der Waals surface area contributed by atoms with Crippen molar-refractivity contribution >= 4 is 11.7 Å². The minimum atomic E-state index is -0.477. The number of carbonyl (C=O) groups is 1. The van der Waals surface area contributed by atoms with E-state index < -0.39 is 11.8 Å². The lowest BCUT2D eigenvalue weighted by molar-refractivity contribution is 0.198. The molecule has 0 radical (unpaired) electrons. The van der Waals surface area contributed by atoms with Gasteiger partial charge in [-0.1, -0.05) is 12.1 Å². The van der Waals surface area contributed by atoms with Gasteiger partial charge in [-0.2, -0.15) is 5.26 Å². The van der Waals surface area contributed by atoms with E-state index in [1.807, 2.05) is 19.9 Å². The highest BCUT2D eigenvalue weighted by atomic mass is 19.1. The van der Waals surface area contributed by atoms with Gasteiger partial charge in [-0.15, -0.1) is 0 Å². The third-order valence-corrected chi connectivity index (χ3v) is 2.46. The van der Waals surface area contributed by atoms with Crippen molar-refractivity contribution in [2.24, 2.45) is 0 Å². The van der Waals surface area contributed by atoms with Gasteiger partial charge in [0.2, 0.25) is 0 Å². The molecular weight excluding hydrogens is 233 g/mol. The highest BCUT2D eigenvalue weighted by Gasteiger charge is 2.17. The molecule has 5 heteroatoms. The van der Waals surface area contributed by atoms with Gasteiger partial charge in [-0.3, -0.25) is 0 Å². The third kappa shape index (κ3) is 3.74. The number of amides is 2. The Morgan fingerprint density at radius 1 is 1.50 bits per heavy atom. The molecule has 0 heterocycles. The van der Waals surface area contributed by atoms with Gasteiger partial charge in [0.15, 0.2) is 0 Å². The molecule has 4 nitrogen and oxygen atoms in total. The monoisotopic (exact) mass is 249 g/mol. The number of nitrogens with zero attached hydrogens (tertiary/aromatic N) is 2. The fraction of sp³-hybridized carbons (Fsp3) is 0.385. The summed E-state index contributed by atoms with van der Waals surface area (Å²) in [5.41, 5.74) is 0.144. The van der Waals surface area contributed by atoms with E-state index in [-0.39, 0.29) is 18.2 Å². The van der Waals surface area contributed by atoms with Crippen LogP contribution in [0, 0.1) is 17.1 Å². The maximum atomic E-state index is 13.4. The third-order valence-electron chi connectivity index (χ3n) is 2.46. The zero-order valence-electron chi connectivity index (χ0n) is 10.5. The summed E-state index contributed by atoms with van der Waals surface area (Å²) in [4.78, 5) is 13.4. The number of urea groups is 1. The molecule has 1 aromatic carbocycles. The number of nitriles is 1. The lowest BCUT2D eigenvalue weighted by Gasteiger charge is -2.26. The van der Waals surface area contributed by atoms with Crippen LogP contribution in [0.25, 0.3) is 0 Å². The Balaban J connectivity index is 2.73. The Morgan fingerprint density at radius 2 is 2.17 bits per heavy atom. The van der Waals surface area contributed by atoms with Gasteiger partial charge in [0, 0.05) is 12.6 Å². The van der Waals surface area contributed by atoms with Crippen molar-refractivity contribution in [2.45, 2.75) is 26.3 Å². The van der Waals surface area contributed by atoms with Gasteiger partial charge in [0.1, 0.15) is 5.82 Å². The first kappa shape index (κ1) is 14.0. The molecule has 0 aliphatic heterocycles. The Labute approximate surface area is 106 Å². The summed E-state index contributed by atoms with van der Waals surface area (Å²) < 4.78 is 13.4. The fourth-order valence-corrected chi connectivity index (χ4v) is 1.51. The number of anilines is 1. The summed E-state index contributed by atoms with van der Waals surface area (Å²) in [7, 11) is 0. The molecule has 0 saturated carbocycles. The Morgan fingerprint density at radius 3 is 2.72 bits per heavy atom. The quantitative estimate of drug-likeness (QED) is 0.891. The Bertz CT molecular complexity index is 454. The molecule has 0 fully saturated rings. The largest absolute Gasteiger partial charge is 0.322 e. The van der Waals surface area contributed by atoms with Crippen molar-refractivity contribution in [2.75, 3.05) is 11.9 Å². The van der Waals surface area contributed by atoms with Crippen LogP contribution in [0.15, 0.2) is 24.3 Å². The van der Waals surface area contributed by atoms with Crippen LogP contribution >= 0.6 is 0 Å². The topological polar surface area (TPSA) is 56.1 Å². The van der Waals surface area contributed by atoms with Gasteiger partial charge in [0.25, 0.3) is 0 Å². The SMILES string of the molecule is CC(C)N(CCC#N)C(=O)Nc1ccccc1F. The molecule has 96 valence electrons. The number of halogens is 1. The standard InChI is InChI=1S/C13H16FN3O/c1-10(2)17(9-5-8-15)13(18)16-12-7-4-3-6-11(12)14/h3-4,6-7,10H,5,9H2,1-2H3,(H,16,18). The second-order valence-corrected chi connectivity index (χ2v) is 4.11. The van der Waals surface area contributed by atoms with Crippen molar-refractivity contribution in [1.29, 1.82) is 5.26 Å². The van der Waals surface area contributed by atoms with Crippen LogP contribution in [0.1, 0.15) is 20.3 Å². The minimum Gasteiger partial charge on any atom is -0.321 e. The summed E-state index contributed by atoms with van der Waals surface area (Å²) in [6.45, 7) is 4.02.